The van der Waals surface area contributed by atoms with E-state index in [4.69, 9.17) is 11.6 Å². The average Bonchev–Trinajstić information content (AvgIpc) is 1.89. The molecule has 0 aromatic heterocycles. The van der Waals surface area contributed by atoms with Gasteiger partial charge >= 0.3 is 0 Å². The minimum absolute atomic E-state index is 0.408. The lowest BCUT2D eigenvalue weighted by Crippen LogP contribution is -2.35. The van der Waals surface area contributed by atoms with Crippen LogP contribution in [0, 0.1) is 6.42 Å². The van der Waals surface area contributed by atoms with E-state index in [-0.39, 0.29) is 0 Å². The Bertz CT molecular complexity index is 158. The molecule has 2 heteroatoms. The van der Waals surface area contributed by atoms with Crippen LogP contribution in [0.4, 0.5) is 0 Å². The Kier molecular flexibility index (Phi) is 2.17. The summed E-state index contributed by atoms with van der Waals surface area (Å²) in [5.74, 6) is 0. The zero-order valence-corrected chi connectivity index (χ0v) is 6.97. The summed E-state index contributed by atoms with van der Waals surface area (Å²) in [5, 5.41) is 0. The van der Waals surface area contributed by atoms with Crippen LogP contribution in [0.5, 0.6) is 0 Å². The zero-order chi connectivity index (χ0) is 7.61. The molecule has 0 aromatic carbocycles. The molecule has 1 nitrogen and oxygen atoms in total. The summed E-state index contributed by atoms with van der Waals surface area (Å²) in [5.41, 5.74) is 0. The molecule has 0 saturated carbocycles. The van der Waals surface area contributed by atoms with E-state index < -0.39 is 5.00 Å². The molecule has 0 fully saturated rings. The molecule has 0 saturated heterocycles. The van der Waals surface area contributed by atoms with Crippen molar-refractivity contribution in [1.29, 1.82) is 0 Å². The maximum atomic E-state index is 6.14. The first-order chi connectivity index (χ1) is 4.65. The minimum Gasteiger partial charge on any atom is -0.285 e. The molecule has 0 spiro atoms. The van der Waals surface area contributed by atoms with Gasteiger partial charge in [-0.15, -0.1) is 0 Å². The molecule has 0 aliphatic heterocycles. The number of nitrogens with zero attached hydrogens (tertiary/aromatic N) is 1. The van der Waals surface area contributed by atoms with Crippen molar-refractivity contribution in [2.75, 3.05) is 14.1 Å². The predicted octanol–water partition coefficient (Wildman–Crippen LogP) is 1.81. The van der Waals surface area contributed by atoms with Crippen LogP contribution >= 0.6 is 11.6 Å². The fourth-order valence-corrected chi connectivity index (χ4v) is 0.944. The topological polar surface area (TPSA) is 3.24 Å². The first kappa shape index (κ1) is 7.83. The Labute approximate surface area is 67.0 Å². The maximum absolute atomic E-state index is 6.14. The largest absolute Gasteiger partial charge is 0.285 e. The number of rotatable bonds is 1. The summed E-state index contributed by atoms with van der Waals surface area (Å²) in [6, 6.07) is 0. The predicted molar refractivity (Wildman–Crippen MR) is 44.9 cm³/mol. The van der Waals surface area contributed by atoms with Crippen molar-refractivity contribution in [3.8, 4) is 0 Å². The summed E-state index contributed by atoms with van der Waals surface area (Å²) >= 11 is 6.14. The molecule has 0 amide bonds. The summed E-state index contributed by atoms with van der Waals surface area (Å²) in [7, 11) is 3.90. The molecule has 0 N–H and O–H groups in total. The molecule has 1 aliphatic carbocycles. The lowest BCUT2D eigenvalue weighted by molar-refractivity contribution is 0.351. The third-order valence-electron chi connectivity index (χ3n) is 1.57. The maximum Gasteiger partial charge on any atom is 0.133 e. The first-order valence-corrected chi connectivity index (χ1v) is 3.60. The van der Waals surface area contributed by atoms with E-state index in [9.17, 15) is 0 Å². The van der Waals surface area contributed by atoms with Crippen molar-refractivity contribution < 1.29 is 0 Å². The highest BCUT2D eigenvalue weighted by molar-refractivity contribution is 6.26. The van der Waals surface area contributed by atoms with Crippen molar-refractivity contribution in [2.24, 2.45) is 0 Å². The van der Waals surface area contributed by atoms with E-state index in [0.717, 1.165) is 0 Å². The molecular weight excluding hydrogens is 146 g/mol. The Balaban J connectivity index is 2.75. The summed E-state index contributed by atoms with van der Waals surface area (Å²) in [4.78, 5) is 1.54. The number of hydrogen-bond acceptors (Lipinski definition) is 1. The van der Waals surface area contributed by atoms with Gasteiger partial charge in [-0.25, -0.2) is 0 Å². The van der Waals surface area contributed by atoms with Gasteiger partial charge in [-0.3, -0.25) is 4.90 Å². The number of alkyl halides is 1. The highest BCUT2D eigenvalue weighted by Crippen LogP contribution is 2.24. The summed E-state index contributed by atoms with van der Waals surface area (Å²) < 4.78 is 0. The van der Waals surface area contributed by atoms with Gasteiger partial charge in [0.1, 0.15) is 5.00 Å². The normalized spacial score (nSPS) is 22.0. The van der Waals surface area contributed by atoms with Crippen molar-refractivity contribution >= 4 is 11.6 Å². The van der Waals surface area contributed by atoms with Crippen molar-refractivity contribution in [2.45, 2.75) is 5.00 Å². The average molecular weight is 157 g/mol. The highest BCUT2D eigenvalue weighted by Gasteiger charge is 2.23. The summed E-state index contributed by atoms with van der Waals surface area (Å²) in [6.45, 7) is 0. The fourth-order valence-electron chi connectivity index (χ4n) is 0.799. The molecule has 1 aliphatic rings. The van der Waals surface area contributed by atoms with Gasteiger partial charge in [0.05, 0.1) is 0 Å². The molecule has 1 rings (SSSR count). The second-order valence-electron chi connectivity index (χ2n) is 2.53. The number of hydrogen-bond donors (Lipinski definition) is 0. The molecule has 10 heavy (non-hydrogen) atoms. The van der Waals surface area contributed by atoms with Gasteiger partial charge in [0, 0.05) is 6.42 Å². The van der Waals surface area contributed by atoms with E-state index in [1.165, 1.54) is 0 Å². The highest BCUT2D eigenvalue weighted by atomic mass is 35.5. The van der Waals surface area contributed by atoms with Crippen LogP contribution in [-0.4, -0.2) is 24.0 Å². The van der Waals surface area contributed by atoms with E-state index in [1.54, 1.807) is 0 Å². The van der Waals surface area contributed by atoms with Crippen LogP contribution in [0.1, 0.15) is 0 Å². The van der Waals surface area contributed by atoms with Crippen LogP contribution in [0.3, 0.4) is 0 Å². The lowest BCUT2D eigenvalue weighted by Gasteiger charge is -2.29. The number of halogens is 1. The van der Waals surface area contributed by atoms with E-state index in [2.05, 4.69) is 0 Å². The van der Waals surface area contributed by atoms with Crippen LogP contribution in [0.2, 0.25) is 0 Å². The molecule has 0 aromatic rings. The fraction of sp³-hybridized carbons (Fsp3) is 0.375. The van der Waals surface area contributed by atoms with Gasteiger partial charge in [-0.1, -0.05) is 23.8 Å². The molecule has 1 radical (unpaired) electrons. The molecule has 0 heterocycles. The Hall–Kier alpha value is -0.270. The SMILES string of the molecule is CN(C)C1(Cl)C=C[CH]C=C1. The molecule has 0 bridgehead atoms. The van der Waals surface area contributed by atoms with Crippen LogP contribution in [-0.2, 0) is 0 Å². The first-order valence-electron chi connectivity index (χ1n) is 3.22. The monoisotopic (exact) mass is 156 g/mol. The molecule has 55 valence electrons. The Morgan fingerprint density at radius 1 is 1.20 bits per heavy atom. The van der Waals surface area contributed by atoms with Gasteiger partial charge in [0.25, 0.3) is 0 Å². The van der Waals surface area contributed by atoms with Gasteiger partial charge < -0.3 is 0 Å². The zero-order valence-electron chi connectivity index (χ0n) is 6.21. The lowest BCUT2D eigenvalue weighted by atomic mass is 10.1. The third-order valence-corrected chi connectivity index (χ3v) is 2.16. The second kappa shape index (κ2) is 2.77. The van der Waals surface area contributed by atoms with Crippen molar-refractivity contribution in [3.05, 3.63) is 30.7 Å². The molecule has 0 unspecified atom stereocenters. The van der Waals surface area contributed by atoms with Gasteiger partial charge in [0.15, 0.2) is 0 Å². The Morgan fingerprint density at radius 3 is 2.00 bits per heavy atom. The van der Waals surface area contributed by atoms with E-state index in [1.807, 2.05) is 49.7 Å². The summed E-state index contributed by atoms with van der Waals surface area (Å²) in [6.07, 6.45) is 9.77. The number of allylic oxidation sites excluding steroid dienone is 2. The number of likely N-dealkylation sites (N-methyl/N-ethyl adjacent to an activating group) is 1. The van der Waals surface area contributed by atoms with Crippen LogP contribution in [0.15, 0.2) is 24.3 Å². The van der Waals surface area contributed by atoms with Gasteiger partial charge in [-0.05, 0) is 26.2 Å². The third kappa shape index (κ3) is 1.41. The van der Waals surface area contributed by atoms with Crippen molar-refractivity contribution in [1.82, 2.24) is 4.90 Å². The van der Waals surface area contributed by atoms with Crippen molar-refractivity contribution in [3.63, 3.8) is 0 Å². The minimum atomic E-state index is -0.408. The van der Waals surface area contributed by atoms with Gasteiger partial charge in [-0.2, -0.15) is 0 Å². The molecular formula is C8H11ClN. The Morgan fingerprint density at radius 2 is 1.70 bits per heavy atom. The standard InChI is InChI=1S/C8H11ClN/c1-10(2)8(9)6-4-3-5-7-8/h3-7H,1-2H3. The smallest absolute Gasteiger partial charge is 0.133 e. The molecule has 0 atom stereocenters. The van der Waals surface area contributed by atoms with Crippen LogP contribution in [0.25, 0.3) is 0 Å². The quantitative estimate of drug-likeness (QED) is 0.414. The van der Waals surface area contributed by atoms with Gasteiger partial charge in [0.2, 0.25) is 0 Å². The van der Waals surface area contributed by atoms with Crippen LogP contribution < -0.4 is 0 Å². The van der Waals surface area contributed by atoms with E-state index in [0.29, 0.717) is 0 Å². The second-order valence-corrected chi connectivity index (χ2v) is 3.14. The van der Waals surface area contributed by atoms with E-state index >= 15 is 0 Å².